The number of urea groups is 1. The van der Waals surface area contributed by atoms with Crippen LogP contribution in [0.5, 0.6) is 5.75 Å². The first kappa shape index (κ1) is 35.8. The van der Waals surface area contributed by atoms with Crippen LogP contribution in [0.4, 0.5) is 32.1 Å². The molecule has 15 heteroatoms. The molecule has 0 spiro atoms. The average Bonchev–Trinajstić information content (AvgIpc) is 3.80. The largest absolute Gasteiger partial charge is 0.497 e. The molecule has 0 atom stereocenters. The van der Waals surface area contributed by atoms with Gasteiger partial charge in [0.05, 0.1) is 46.8 Å². The number of carbonyl (C=O) groups is 2. The normalized spacial score (nSPS) is 16.6. The summed E-state index contributed by atoms with van der Waals surface area (Å²) in [4.78, 5) is 42.7. The van der Waals surface area contributed by atoms with Crippen LogP contribution in [0, 0.1) is 12.7 Å². The van der Waals surface area contributed by atoms with Gasteiger partial charge in [0.15, 0.2) is 5.82 Å². The molecule has 0 bridgehead atoms. The molecule has 0 aliphatic carbocycles. The SMILES string of the molecule is COc1cc(N2CCCc3cc(-c4cnn(C5CCN(c6cc7c(cc6F)c(N6CCC(=O)NC6=O)nn7C)CC5)c4)c(Cl)cc32)c2cc(C)c(=O)n(C)c2c1. The van der Waals surface area contributed by atoms with Crippen LogP contribution in [-0.4, -0.2) is 69.4 Å². The lowest BCUT2D eigenvalue weighted by molar-refractivity contribution is -0.120. The molecule has 2 saturated heterocycles. The molecule has 3 aromatic heterocycles. The standard InChI is InChI=1S/C41H41ClFN9O4/c1-23-14-29-34(47(2)40(23)54)16-27(56-4)17-36(29)50-10-5-6-24-15-28(31(42)19-33(24)50)25-21-44-52(22-25)26-7-11-49(12-8-26)37-20-35-30(18-32(37)43)39(46-48(35)3)51-13-9-38(53)45-41(51)55/h14-22,26H,5-13H2,1-4H3,(H,45,53,55). The molecule has 1 N–H and O–H groups in total. The number of piperidine rings is 1. The van der Waals surface area contributed by atoms with E-state index in [1.807, 2.05) is 47.0 Å². The average molecular weight is 778 g/mol. The maximum Gasteiger partial charge on any atom is 0.329 e. The number of anilines is 4. The van der Waals surface area contributed by atoms with Gasteiger partial charge in [-0.2, -0.15) is 10.2 Å². The molecule has 288 valence electrons. The zero-order chi connectivity index (χ0) is 39.0. The van der Waals surface area contributed by atoms with Crippen LogP contribution in [0.3, 0.4) is 0 Å². The maximum atomic E-state index is 15.8. The van der Waals surface area contributed by atoms with E-state index >= 15 is 4.39 Å². The van der Waals surface area contributed by atoms with Crippen LogP contribution in [0.2, 0.25) is 5.02 Å². The number of nitrogens with one attached hydrogen (secondary N) is 1. The first-order valence-corrected chi connectivity index (χ1v) is 19.2. The van der Waals surface area contributed by atoms with Crippen LogP contribution in [0.1, 0.15) is 42.9 Å². The predicted molar refractivity (Wildman–Crippen MR) is 215 cm³/mol. The second kappa shape index (κ2) is 13.7. The summed E-state index contributed by atoms with van der Waals surface area (Å²) in [6.45, 7) is 4.09. The van der Waals surface area contributed by atoms with Crippen molar-refractivity contribution in [2.45, 2.75) is 45.1 Å². The first-order valence-electron chi connectivity index (χ1n) is 18.8. The zero-order valence-corrected chi connectivity index (χ0v) is 32.4. The third-order valence-electron chi connectivity index (χ3n) is 11.6. The molecule has 0 radical (unpaired) electrons. The number of methoxy groups -OCH3 is 1. The molecule has 0 saturated carbocycles. The number of hydrogen-bond donors (Lipinski definition) is 1. The third kappa shape index (κ3) is 5.94. The summed E-state index contributed by atoms with van der Waals surface area (Å²) in [5.41, 5.74) is 7.68. The van der Waals surface area contributed by atoms with Crippen molar-refractivity contribution in [2.75, 3.05) is 48.0 Å². The molecule has 3 aliphatic heterocycles. The number of rotatable bonds is 6. The molecule has 3 aromatic carbocycles. The molecule has 0 unspecified atom stereocenters. The molecule has 2 fully saturated rings. The number of aromatic nitrogens is 5. The minimum absolute atomic E-state index is 0.0341. The molecule has 3 amide bonds. The van der Waals surface area contributed by atoms with E-state index in [1.165, 1.54) is 16.5 Å². The Morgan fingerprint density at radius 2 is 1.68 bits per heavy atom. The number of hydrogen-bond acceptors (Lipinski definition) is 8. The zero-order valence-electron chi connectivity index (χ0n) is 31.6. The topological polar surface area (TPSA) is 123 Å². The predicted octanol–water partition coefficient (Wildman–Crippen LogP) is 6.77. The minimum Gasteiger partial charge on any atom is -0.497 e. The van der Waals surface area contributed by atoms with E-state index in [9.17, 15) is 14.4 Å². The second-order valence-corrected chi connectivity index (χ2v) is 15.3. The number of halogens is 2. The highest BCUT2D eigenvalue weighted by atomic mass is 35.5. The van der Waals surface area contributed by atoms with Gasteiger partial charge in [0, 0.05) is 98.2 Å². The lowest BCUT2D eigenvalue weighted by Crippen LogP contribution is -2.49. The van der Waals surface area contributed by atoms with Crippen molar-refractivity contribution in [1.29, 1.82) is 0 Å². The molecule has 6 heterocycles. The molecule has 56 heavy (non-hydrogen) atoms. The maximum absolute atomic E-state index is 15.8. The summed E-state index contributed by atoms with van der Waals surface area (Å²) in [5, 5.41) is 13.7. The Hall–Kier alpha value is -5.89. The van der Waals surface area contributed by atoms with Crippen LogP contribution >= 0.6 is 11.6 Å². The van der Waals surface area contributed by atoms with Crippen LogP contribution < -0.4 is 30.3 Å². The highest BCUT2D eigenvalue weighted by molar-refractivity contribution is 6.33. The molecule has 3 aliphatic rings. The summed E-state index contributed by atoms with van der Waals surface area (Å²) in [6, 6.07) is 12.9. The van der Waals surface area contributed by atoms with Gasteiger partial charge in [-0.05, 0) is 68.5 Å². The first-order chi connectivity index (χ1) is 27.0. The van der Waals surface area contributed by atoms with E-state index in [-0.39, 0.29) is 36.3 Å². The Labute approximate surface area is 326 Å². The number of nitrogens with zero attached hydrogens (tertiary/aromatic N) is 8. The Kier molecular flexibility index (Phi) is 8.75. The number of pyridine rings is 1. The van der Waals surface area contributed by atoms with E-state index in [4.69, 9.17) is 21.4 Å². The van der Waals surface area contributed by atoms with Crippen molar-refractivity contribution in [1.82, 2.24) is 29.4 Å². The molecular weight excluding hydrogens is 737 g/mol. The quantitative estimate of drug-likeness (QED) is 0.197. The summed E-state index contributed by atoms with van der Waals surface area (Å²) >= 11 is 7.09. The van der Waals surface area contributed by atoms with Gasteiger partial charge < -0.3 is 19.1 Å². The number of aryl methyl sites for hydroxylation is 4. The summed E-state index contributed by atoms with van der Waals surface area (Å²) in [5.74, 6) is 0.284. The Bertz CT molecular complexity index is 2660. The number of imide groups is 1. The smallest absolute Gasteiger partial charge is 0.329 e. The summed E-state index contributed by atoms with van der Waals surface area (Å²) < 4.78 is 26.8. The monoisotopic (exact) mass is 777 g/mol. The molecular formula is C41H41ClFN9O4. The Morgan fingerprint density at radius 1 is 0.875 bits per heavy atom. The van der Waals surface area contributed by atoms with Gasteiger partial charge in [0.2, 0.25) is 5.91 Å². The van der Waals surface area contributed by atoms with Crippen molar-refractivity contribution in [3.05, 3.63) is 87.2 Å². The van der Waals surface area contributed by atoms with Gasteiger partial charge in [0.1, 0.15) is 11.6 Å². The fourth-order valence-electron chi connectivity index (χ4n) is 8.60. The summed E-state index contributed by atoms with van der Waals surface area (Å²) in [7, 11) is 5.20. The third-order valence-corrected chi connectivity index (χ3v) is 11.9. The van der Waals surface area contributed by atoms with Gasteiger partial charge in [-0.3, -0.25) is 29.2 Å². The fourth-order valence-corrected chi connectivity index (χ4v) is 8.87. The molecule has 6 aromatic rings. The van der Waals surface area contributed by atoms with Gasteiger partial charge in [-0.1, -0.05) is 11.6 Å². The highest BCUT2D eigenvalue weighted by Gasteiger charge is 2.30. The lowest BCUT2D eigenvalue weighted by Gasteiger charge is -2.34. The van der Waals surface area contributed by atoms with E-state index in [0.29, 0.717) is 51.8 Å². The van der Waals surface area contributed by atoms with Crippen molar-refractivity contribution in [3.63, 3.8) is 0 Å². The molecule has 9 rings (SSSR count). The Balaban J connectivity index is 0.943. The number of ether oxygens (including phenoxy) is 1. The van der Waals surface area contributed by atoms with Crippen LogP contribution in [-0.2, 0) is 25.3 Å². The van der Waals surface area contributed by atoms with Crippen molar-refractivity contribution < 1.29 is 18.7 Å². The summed E-state index contributed by atoms with van der Waals surface area (Å²) in [6.07, 6.45) is 7.46. The van der Waals surface area contributed by atoms with E-state index < -0.39 is 6.03 Å². The second-order valence-electron chi connectivity index (χ2n) is 14.9. The number of carbonyl (C=O) groups excluding carboxylic acids is 2. The highest BCUT2D eigenvalue weighted by Crippen LogP contribution is 2.44. The van der Waals surface area contributed by atoms with Gasteiger partial charge in [-0.25, -0.2) is 9.18 Å². The van der Waals surface area contributed by atoms with Crippen LogP contribution in [0.15, 0.2) is 59.7 Å². The van der Waals surface area contributed by atoms with Crippen LogP contribution in [0.25, 0.3) is 32.9 Å². The van der Waals surface area contributed by atoms with E-state index in [2.05, 4.69) is 27.6 Å². The van der Waals surface area contributed by atoms with E-state index in [0.717, 1.165) is 65.6 Å². The van der Waals surface area contributed by atoms with Crippen molar-refractivity contribution in [2.24, 2.45) is 14.1 Å². The van der Waals surface area contributed by atoms with E-state index in [1.54, 1.807) is 36.5 Å². The number of fused-ring (bicyclic) bond motifs is 3. The number of benzene rings is 3. The van der Waals surface area contributed by atoms with Gasteiger partial charge in [0.25, 0.3) is 5.56 Å². The van der Waals surface area contributed by atoms with Crippen molar-refractivity contribution in [3.8, 4) is 16.9 Å². The lowest BCUT2D eigenvalue weighted by atomic mass is 9.96. The minimum atomic E-state index is -0.556. The van der Waals surface area contributed by atoms with Crippen molar-refractivity contribution >= 4 is 68.2 Å². The number of amides is 3. The molecule has 13 nitrogen and oxygen atoms in total. The van der Waals surface area contributed by atoms with Gasteiger partial charge >= 0.3 is 6.03 Å². The van der Waals surface area contributed by atoms with Gasteiger partial charge in [-0.15, -0.1) is 0 Å². The fraction of sp³-hybridized carbons (Fsp3) is 0.341. The Morgan fingerprint density at radius 3 is 2.45 bits per heavy atom.